The largest absolute Gasteiger partial charge is 0.497 e. The van der Waals surface area contributed by atoms with Crippen molar-refractivity contribution in [2.75, 3.05) is 38.0 Å². The standard InChI is InChI=1S/C24H26N4O5/c1-31-17-6-4-16(5-7-17)23(29)28(21-15-27-12-10-20(21)26)24(30)19-9-8-18(32-2)14-22(19)33-13-3-11-25/h4-10,12,14-15H,3,11,13,25H2,1-2H3,(H2,26,27). The predicted octanol–water partition coefficient (Wildman–Crippen LogP) is 2.90. The van der Waals surface area contributed by atoms with Crippen molar-refractivity contribution in [3.8, 4) is 17.2 Å². The van der Waals surface area contributed by atoms with Crippen LogP contribution in [0.5, 0.6) is 17.2 Å². The summed E-state index contributed by atoms with van der Waals surface area (Å²) < 4.78 is 16.2. The van der Waals surface area contributed by atoms with E-state index in [9.17, 15) is 9.59 Å². The van der Waals surface area contributed by atoms with Gasteiger partial charge in [0.05, 0.1) is 44.0 Å². The van der Waals surface area contributed by atoms with Gasteiger partial charge in [-0.25, -0.2) is 4.90 Å². The Bertz CT molecular complexity index is 1120. The van der Waals surface area contributed by atoms with Crippen LogP contribution >= 0.6 is 0 Å². The summed E-state index contributed by atoms with van der Waals surface area (Å²) in [5.74, 6) is 0.147. The second kappa shape index (κ2) is 11.0. The predicted molar refractivity (Wildman–Crippen MR) is 125 cm³/mol. The summed E-state index contributed by atoms with van der Waals surface area (Å²) in [5.41, 5.74) is 12.5. The number of amides is 2. The van der Waals surface area contributed by atoms with Crippen molar-refractivity contribution in [3.63, 3.8) is 0 Å². The molecule has 4 N–H and O–H groups in total. The van der Waals surface area contributed by atoms with E-state index in [2.05, 4.69) is 4.98 Å². The molecule has 172 valence electrons. The summed E-state index contributed by atoms with van der Waals surface area (Å²) in [6.07, 6.45) is 3.44. The quantitative estimate of drug-likeness (QED) is 0.376. The molecule has 0 aliphatic rings. The Morgan fingerprint density at radius 2 is 1.67 bits per heavy atom. The van der Waals surface area contributed by atoms with Crippen LogP contribution in [-0.4, -0.2) is 44.2 Å². The van der Waals surface area contributed by atoms with Crippen molar-refractivity contribution in [3.05, 3.63) is 72.1 Å². The molecule has 3 rings (SSSR count). The van der Waals surface area contributed by atoms with E-state index in [1.54, 1.807) is 42.5 Å². The van der Waals surface area contributed by atoms with Gasteiger partial charge in [0, 0.05) is 17.8 Å². The summed E-state index contributed by atoms with van der Waals surface area (Å²) in [5, 5.41) is 0. The Morgan fingerprint density at radius 1 is 0.970 bits per heavy atom. The van der Waals surface area contributed by atoms with Crippen LogP contribution in [0.15, 0.2) is 60.9 Å². The fraction of sp³-hybridized carbons (Fsp3) is 0.208. The van der Waals surface area contributed by atoms with E-state index >= 15 is 0 Å². The van der Waals surface area contributed by atoms with E-state index in [0.717, 1.165) is 4.90 Å². The maximum atomic E-state index is 13.7. The van der Waals surface area contributed by atoms with Gasteiger partial charge in [-0.2, -0.15) is 0 Å². The third-order valence-corrected chi connectivity index (χ3v) is 4.84. The maximum Gasteiger partial charge on any atom is 0.269 e. The molecule has 0 atom stereocenters. The first-order chi connectivity index (χ1) is 16.0. The number of rotatable bonds is 9. The van der Waals surface area contributed by atoms with Gasteiger partial charge in [-0.05, 0) is 55.4 Å². The molecule has 0 aliphatic heterocycles. The number of nitrogen functional groups attached to an aromatic ring is 1. The average molecular weight is 450 g/mol. The summed E-state index contributed by atoms with van der Waals surface area (Å²) in [4.78, 5) is 32.3. The summed E-state index contributed by atoms with van der Waals surface area (Å²) in [6, 6.07) is 12.7. The minimum atomic E-state index is -0.624. The molecule has 0 unspecified atom stereocenters. The number of benzene rings is 2. The summed E-state index contributed by atoms with van der Waals surface area (Å²) >= 11 is 0. The van der Waals surface area contributed by atoms with Gasteiger partial charge in [0.25, 0.3) is 11.8 Å². The molecule has 1 aromatic heterocycles. The highest BCUT2D eigenvalue weighted by molar-refractivity contribution is 6.27. The van der Waals surface area contributed by atoms with E-state index < -0.39 is 11.8 Å². The van der Waals surface area contributed by atoms with Gasteiger partial charge in [-0.1, -0.05) is 0 Å². The third-order valence-electron chi connectivity index (χ3n) is 4.84. The molecule has 2 amide bonds. The molecule has 9 heteroatoms. The molecule has 9 nitrogen and oxygen atoms in total. The number of hydrogen-bond acceptors (Lipinski definition) is 8. The number of carbonyl (C=O) groups excluding carboxylic acids is 2. The third kappa shape index (κ3) is 5.39. The molecule has 0 spiro atoms. The van der Waals surface area contributed by atoms with Crippen molar-refractivity contribution < 1.29 is 23.8 Å². The average Bonchev–Trinajstić information content (AvgIpc) is 2.85. The minimum absolute atomic E-state index is 0.159. The first-order valence-corrected chi connectivity index (χ1v) is 10.2. The zero-order valence-electron chi connectivity index (χ0n) is 18.5. The topological polar surface area (TPSA) is 130 Å². The van der Waals surface area contributed by atoms with Crippen LogP contribution in [0.2, 0.25) is 0 Å². The van der Waals surface area contributed by atoms with Crippen LogP contribution in [-0.2, 0) is 0 Å². The number of carbonyl (C=O) groups is 2. The first kappa shape index (κ1) is 23.6. The molecule has 33 heavy (non-hydrogen) atoms. The zero-order chi connectivity index (χ0) is 23.8. The molecular weight excluding hydrogens is 424 g/mol. The molecule has 1 heterocycles. The van der Waals surface area contributed by atoms with E-state index in [-0.39, 0.29) is 28.3 Å². The number of anilines is 2. The van der Waals surface area contributed by atoms with Crippen molar-refractivity contribution in [2.45, 2.75) is 6.42 Å². The molecule has 0 saturated heterocycles. The molecule has 0 aliphatic carbocycles. The Kier molecular flexibility index (Phi) is 7.82. The monoisotopic (exact) mass is 450 g/mol. The van der Waals surface area contributed by atoms with Crippen LogP contribution in [0.4, 0.5) is 11.4 Å². The Labute approximate surface area is 191 Å². The SMILES string of the molecule is COc1ccc(C(=O)N(C(=O)c2ccc(OC)cc2OCCCN)c2cnccc2N)cc1. The highest BCUT2D eigenvalue weighted by Gasteiger charge is 2.30. The number of ether oxygens (including phenoxy) is 3. The second-order valence-corrected chi connectivity index (χ2v) is 6.96. The van der Waals surface area contributed by atoms with E-state index in [1.807, 2.05) is 0 Å². The molecule has 0 radical (unpaired) electrons. The van der Waals surface area contributed by atoms with Crippen LogP contribution < -0.4 is 30.6 Å². The lowest BCUT2D eigenvalue weighted by atomic mass is 10.1. The second-order valence-electron chi connectivity index (χ2n) is 6.96. The summed E-state index contributed by atoms with van der Waals surface area (Å²) in [6.45, 7) is 0.729. The van der Waals surface area contributed by atoms with Gasteiger partial charge in [-0.15, -0.1) is 0 Å². The Hall–Kier alpha value is -4.11. The number of imide groups is 1. The Balaban J connectivity index is 2.08. The molecule has 0 saturated carbocycles. The normalized spacial score (nSPS) is 10.4. The lowest BCUT2D eigenvalue weighted by molar-refractivity contribution is 0.0895. The number of hydrogen-bond donors (Lipinski definition) is 2. The molecule has 3 aromatic rings. The lowest BCUT2D eigenvalue weighted by Gasteiger charge is -2.23. The molecule has 2 aromatic carbocycles. The fourth-order valence-corrected chi connectivity index (χ4v) is 3.07. The first-order valence-electron chi connectivity index (χ1n) is 10.2. The number of aromatic nitrogens is 1. The number of nitrogens with zero attached hydrogens (tertiary/aromatic N) is 2. The minimum Gasteiger partial charge on any atom is -0.497 e. The fourth-order valence-electron chi connectivity index (χ4n) is 3.07. The van der Waals surface area contributed by atoms with Gasteiger partial charge in [0.2, 0.25) is 0 Å². The van der Waals surface area contributed by atoms with Crippen LogP contribution in [0.1, 0.15) is 27.1 Å². The van der Waals surface area contributed by atoms with Gasteiger partial charge in [-0.3, -0.25) is 14.6 Å². The van der Waals surface area contributed by atoms with Gasteiger partial charge < -0.3 is 25.7 Å². The van der Waals surface area contributed by atoms with Gasteiger partial charge in [0.15, 0.2) is 0 Å². The van der Waals surface area contributed by atoms with Crippen molar-refractivity contribution >= 4 is 23.2 Å². The highest BCUT2D eigenvalue weighted by atomic mass is 16.5. The van der Waals surface area contributed by atoms with Crippen molar-refractivity contribution in [2.24, 2.45) is 5.73 Å². The van der Waals surface area contributed by atoms with Crippen LogP contribution in [0.25, 0.3) is 0 Å². The highest BCUT2D eigenvalue weighted by Crippen LogP contribution is 2.31. The van der Waals surface area contributed by atoms with Crippen LogP contribution in [0, 0.1) is 0 Å². The molecular formula is C24H26N4O5. The van der Waals surface area contributed by atoms with E-state index in [0.29, 0.717) is 31.1 Å². The Morgan fingerprint density at radius 3 is 2.30 bits per heavy atom. The number of pyridine rings is 1. The maximum absolute atomic E-state index is 13.7. The smallest absolute Gasteiger partial charge is 0.269 e. The molecule has 0 fully saturated rings. The van der Waals surface area contributed by atoms with E-state index in [4.69, 9.17) is 25.7 Å². The number of methoxy groups -OCH3 is 2. The number of nitrogens with two attached hydrogens (primary N) is 2. The van der Waals surface area contributed by atoms with Gasteiger partial charge >= 0.3 is 0 Å². The van der Waals surface area contributed by atoms with E-state index in [1.165, 1.54) is 32.7 Å². The van der Waals surface area contributed by atoms with Crippen LogP contribution in [0.3, 0.4) is 0 Å². The summed E-state index contributed by atoms with van der Waals surface area (Å²) in [7, 11) is 3.04. The zero-order valence-corrected chi connectivity index (χ0v) is 18.5. The van der Waals surface area contributed by atoms with Gasteiger partial charge in [0.1, 0.15) is 17.2 Å². The molecule has 0 bridgehead atoms. The van der Waals surface area contributed by atoms with Crippen molar-refractivity contribution in [1.82, 2.24) is 4.98 Å². The lowest BCUT2D eigenvalue weighted by Crippen LogP contribution is -2.38. The van der Waals surface area contributed by atoms with Crippen molar-refractivity contribution in [1.29, 1.82) is 0 Å².